The summed E-state index contributed by atoms with van der Waals surface area (Å²) in [5.74, 6) is 0.364. The average Bonchev–Trinajstić information content (AvgIpc) is 3.12. The van der Waals surface area contributed by atoms with Crippen molar-refractivity contribution in [3.05, 3.63) is 57.5 Å². The quantitative estimate of drug-likeness (QED) is 0.103. The Hall–Kier alpha value is 0.136. The molecule has 0 heterocycles. The maximum absolute atomic E-state index is 6.55. The summed E-state index contributed by atoms with van der Waals surface area (Å²) in [7, 11) is -8.42. The van der Waals surface area contributed by atoms with Gasteiger partial charge in [-0.25, -0.2) is 0 Å². The molecule has 0 fully saturated rings. The van der Waals surface area contributed by atoms with Gasteiger partial charge >= 0.3 is 246 Å². The molecule has 0 aliphatic heterocycles. The molecule has 0 aromatic carbocycles. The monoisotopic (exact) mass is 775 g/mol. The van der Waals surface area contributed by atoms with Crippen LogP contribution >= 0.6 is 0 Å². The second-order valence-corrected chi connectivity index (χ2v) is 40.9. The van der Waals surface area contributed by atoms with E-state index >= 15 is 0 Å². The zero-order chi connectivity index (χ0) is 29.6. The summed E-state index contributed by atoms with van der Waals surface area (Å²) in [5, 5.41) is 13.2. The Labute approximate surface area is 244 Å². The van der Waals surface area contributed by atoms with Gasteiger partial charge in [-0.05, 0) is 0 Å². The third-order valence-electron chi connectivity index (χ3n) is 7.48. The van der Waals surface area contributed by atoms with Gasteiger partial charge in [-0.3, -0.25) is 0 Å². The fraction of sp³-hybridized carbons (Fsp3) is 0.667. The molecule has 0 aromatic rings. The Morgan fingerprint density at radius 2 is 1.03 bits per heavy atom. The average molecular weight is 776 g/mol. The molecular formula is C30H60O3PtSi4. The molecule has 0 amide bonds. The van der Waals surface area contributed by atoms with Gasteiger partial charge in [-0.15, -0.1) is 0 Å². The van der Waals surface area contributed by atoms with Gasteiger partial charge in [0.1, 0.15) is 0 Å². The minimum absolute atomic E-state index is 0.364. The van der Waals surface area contributed by atoms with Gasteiger partial charge in [0, 0.05) is 0 Å². The molecule has 1 atom stereocenters. The first-order valence-electron chi connectivity index (χ1n) is 14.1. The van der Waals surface area contributed by atoms with E-state index in [4.69, 9.17) is 13.3 Å². The van der Waals surface area contributed by atoms with Crippen LogP contribution in [-0.2, 0) is 29.3 Å². The van der Waals surface area contributed by atoms with Crippen molar-refractivity contribution in [2.75, 3.05) is 19.8 Å². The number of hydrogen-bond acceptors (Lipinski definition) is 3. The second-order valence-electron chi connectivity index (χ2n) is 12.8. The molecule has 224 valence electrons. The summed E-state index contributed by atoms with van der Waals surface area (Å²) < 4.78 is 21.4. The predicted octanol–water partition coefficient (Wildman–Crippen LogP) is 9.81. The maximum atomic E-state index is 6.55. The van der Waals surface area contributed by atoms with Crippen LogP contribution in [0.15, 0.2) is 57.5 Å². The topological polar surface area (TPSA) is 27.7 Å². The third-order valence-corrected chi connectivity index (χ3v) is 26.4. The Morgan fingerprint density at radius 1 is 0.658 bits per heavy atom. The molecule has 3 nitrogen and oxygen atoms in total. The van der Waals surface area contributed by atoms with Crippen LogP contribution < -0.4 is 0 Å². The van der Waals surface area contributed by atoms with Crippen molar-refractivity contribution < 1.29 is 29.3 Å². The Morgan fingerprint density at radius 3 is 1.37 bits per heavy atom. The summed E-state index contributed by atoms with van der Waals surface area (Å²) in [4.78, 5) is 0. The van der Waals surface area contributed by atoms with Crippen molar-refractivity contribution in [1.29, 1.82) is 0 Å². The fourth-order valence-corrected chi connectivity index (χ4v) is 31.7. The van der Waals surface area contributed by atoms with Crippen LogP contribution in [0, 0.1) is 5.92 Å². The van der Waals surface area contributed by atoms with Crippen molar-refractivity contribution >= 4 is 33.0 Å². The van der Waals surface area contributed by atoms with Crippen LogP contribution in [-0.4, -0.2) is 52.8 Å². The zero-order valence-electron chi connectivity index (χ0n) is 26.9. The number of rotatable bonds is 18. The molecule has 1 aliphatic rings. The fourth-order valence-electron chi connectivity index (χ4n) is 6.23. The van der Waals surface area contributed by atoms with E-state index in [0.717, 1.165) is 24.2 Å². The first-order valence-corrected chi connectivity index (χ1v) is 33.6. The third kappa shape index (κ3) is 8.34. The van der Waals surface area contributed by atoms with Crippen LogP contribution in [0.5, 0.6) is 0 Å². The van der Waals surface area contributed by atoms with Crippen molar-refractivity contribution in [2.45, 2.75) is 100 Å². The van der Waals surface area contributed by atoms with E-state index in [2.05, 4.69) is 114 Å². The standard InChI is InChI=1S/C27H51O3Si4.3CH3.Pt/c1-13-19-31(7,8)25-22-24(23-34(28-16-4,29-17-5)30-18-6)26(32(9,10)20-14-2)27(25)33(11,12)21-15-3;;;;/h13-15,24H,1-3,16-21,23H2,4-12H3;3*1H3;. The molecule has 8 heteroatoms. The normalized spacial score (nSPS) is 18.3. The van der Waals surface area contributed by atoms with Crippen LogP contribution in [0.2, 0.25) is 79.4 Å². The van der Waals surface area contributed by atoms with E-state index in [9.17, 15) is 0 Å². The summed E-state index contributed by atoms with van der Waals surface area (Å²) in [6, 6.07) is 4.17. The van der Waals surface area contributed by atoms with E-state index in [0.29, 0.717) is 25.7 Å². The van der Waals surface area contributed by atoms with Gasteiger partial charge in [-0.2, -0.15) is 0 Å². The van der Waals surface area contributed by atoms with E-state index in [1.165, 1.54) is 0 Å². The van der Waals surface area contributed by atoms with Crippen molar-refractivity contribution in [3.8, 4) is 0 Å². The number of allylic oxidation sites excluding steroid dienone is 7. The molecule has 0 saturated heterocycles. The molecule has 0 spiro atoms. The van der Waals surface area contributed by atoms with Gasteiger partial charge in [-0.1, -0.05) is 0 Å². The van der Waals surface area contributed by atoms with Crippen molar-refractivity contribution in [2.24, 2.45) is 5.92 Å². The Bertz CT molecular complexity index is 896. The van der Waals surface area contributed by atoms with Crippen molar-refractivity contribution in [3.63, 3.8) is 0 Å². The van der Waals surface area contributed by atoms with E-state index in [-0.39, 0.29) is 0 Å². The predicted molar refractivity (Wildman–Crippen MR) is 178 cm³/mol. The Balaban J connectivity index is 4.37. The molecule has 0 N–H and O–H groups in total. The van der Waals surface area contributed by atoms with Crippen LogP contribution in [0.1, 0.15) is 20.8 Å². The SMILES string of the molecule is C=CC[Si](C)(C)C1=C([Si](C)(C)CC=C)C(C[Si](OCC)(OCC)OCC)[C]([Pt]([CH3])([CH3])[CH3])=C1[Si](C)(C)CC=C. The summed E-state index contributed by atoms with van der Waals surface area (Å²) >= 11 is -2.29. The van der Waals surface area contributed by atoms with Gasteiger partial charge in [0.15, 0.2) is 0 Å². The van der Waals surface area contributed by atoms with Gasteiger partial charge in [0.05, 0.1) is 0 Å². The molecule has 0 bridgehead atoms. The first kappa shape index (κ1) is 36.2. The molecule has 38 heavy (non-hydrogen) atoms. The molecule has 0 saturated carbocycles. The summed E-state index contributed by atoms with van der Waals surface area (Å²) in [6.45, 7) is 36.3. The molecular weight excluding hydrogens is 716 g/mol. The van der Waals surface area contributed by atoms with E-state index in [1.54, 1.807) is 15.6 Å². The molecule has 1 rings (SSSR count). The van der Waals surface area contributed by atoms with Crippen LogP contribution in [0.25, 0.3) is 0 Å². The van der Waals surface area contributed by atoms with Gasteiger partial charge < -0.3 is 0 Å². The first-order chi connectivity index (χ1) is 17.4. The number of hydrogen-bond donors (Lipinski definition) is 0. The molecule has 1 unspecified atom stereocenters. The van der Waals surface area contributed by atoms with E-state index in [1.807, 2.05) is 3.96 Å². The molecule has 0 aromatic heterocycles. The van der Waals surface area contributed by atoms with Gasteiger partial charge in [0.25, 0.3) is 0 Å². The van der Waals surface area contributed by atoms with Crippen molar-refractivity contribution in [1.82, 2.24) is 0 Å². The van der Waals surface area contributed by atoms with Crippen LogP contribution in [0.3, 0.4) is 0 Å². The van der Waals surface area contributed by atoms with E-state index < -0.39 is 49.1 Å². The summed E-state index contributed by atoms with van der Waals surface area (Å²) in [6.07, 6.45) is 6.55. The Kier molecular flexibility index (Phi) is 13.7. The van der Waals surface area contributed by atoms with Gasteiger partial charge in [0.2, 0.25) is 0 Å². The van der Waals surface area contributed by atoms with Crippen LogP contribution in [0.4, 0.5) is 0 Å². The zero-order valence-corrected chi connectivity index (χ0v) is 33.2. The second kappa shape index (κ2) is 14.3. The molecule has 1 aliphatic carbocycles. The molecule has 0 radical (unpaired) electrons. The minimum atomic E-state index is -2.89. The summed E-state index contributed by atoms with van der Waals surface area (Å²) in [5.41, 5.74) is 0.